The average Bonchev–Trinajstić information content (AvgIpc) is 3.55. The number of amidine groups is 2. The lowest BCUT2D eigenvalue weighted by atomic mass is 9.84. The predicted octanol–water partition coefficient (Wildman–Crippen LogP) is 7.96. The van der Waals surface area contributed by atoms with Crippen LogP contribution >= 0.6 is 0 Å². The molecule has 0 spiro atoms. The number of rotatable bonds is 5. The van der Waals surface area contributed by atoms with Crippen molar-refractivity contribution in [1.82, 2.24) is 0 Å². The van der Waals surface area contributed by atoms with Crippen molar-refractivity contribution >= 4 is 23.0 Å². The molecule has 0 amide bonds. The molecular weight excluding hydrogens is 464 g/mol. The highest BCUT2D eigenvalue weighted by Crippen LogP contribution is 2.39. The molecule has 0 bridgehead atoms. The zero-order valence-corrected chi connectivity index (χ0v) is 24.0. The third-order valence-electron chi connectivity index (χ3n) is 9.83. The number of hydrogen-bond donors (Lipinski definition) is 0. The normalized spacial score (nSPS) is 25.2. The van der Waals surface area contributed by atoms with E-state index in [2.05, 4.69) is 73.9 Å². The highest BCUT2D eigenvalue weighted by molar-refractivity contribution is 6.51. The Balaban J connectivity index is 1.46. The van der Waals surface area contributed by atoms with E-state index in [9.17, 15) is 0 Å². The maximum absolute atomic E-state index is 5.62. The van der Waals surface area contributed by atoms with E-state index in [0.29, 0.717) is 23.9 Å². The summed E-state index contributed by atoms with van der Waals surface area (Å²) in [6.45, 7) is 11.0. The van der Waals surface area contributed by atoms with Crippen molar-refractivity contribution in [3.05, 3.63) is 58.7 Å². The van der Waals surface area contributed by atoms with Gasteiger partial charge in [-0.05, 0) is 87.5 Å². The van der Waals surface area contributed by atoms with Crippen LogP contribution < -0.4 is 9.80 Å². The number of aryl methyl sites for hydroxylation is 4. The molecule has 2 aromatic rings. The molecule has 2 atom stereocenters. The van der Waals surface area contributed by atoms with Gasteiger partial charge in [0.2, 0.25) is 0 Å². The van der Waals surface area contributed by atoms with Gasteiger partial charge >= 0.3 is 0 Å². The lowest BCUT2D eigenvalue weighted by Gasteiger charge is -2.31. The Labute approximate surface area is 230 Å². The fourth-order valence-corrected chi connectivity index (χ4v) is 7.84. The smallest absolute Gasteiger partial charge is 0.172 e. The minimum Gasteiger partial charge on any atom is -0.321 e. The van der Waals surface area contributed by atoms with Crippen molar-refractivity contribution in [3.63, 3.8) is 0 Å². The summed E-state index contributed by atoms with van der Waals surface area (Å²) in [7, 11) is 0. The lowest BCUT2D eigenvalue weighted by molar-refractivity contribution is 0.315. The van der Waals surface area contributed by atoms with Crippen molar-refractivity contribution in [3.8, 4) is 0 Å². The molecule has 2 fully saturated rings. The average molecular weight is 511 g/mol. The van der Waals surface area contributed by atoms with Gasteiger partial charge in [0, 0.05) is 24.5 Å². The fourth-order valence-electron chi connectivity index (χ4n) is 7.84. The molecule has 2 aromatic carbocycles. The largest absolute Gasteiger partial charge is 0.321 e. The molecule has 0 saturated heterocycles. The molecular formula is C34H46N4. The molecule has 4 heteroatoms. The van der Waals surface area contributed by atoms with E-state index in [-0.39, 0.29) is 0 Å². The number of hydrogen-bond acceptors (Lipinski definition) is 4. The van der Waals surface area contributed by atoms with Gasteiger partial charge < -0.3 is 9.80 Å². The van der Waals surface area contributed by atoms with Gasteiger partial charge in [-0.1, -0.05) is 74.9 Å². The Morgan fingerprint density at radius 2 is 0.868 bits per heavy atom. The first-order chi connectivity index (χ1) is 18.5. The van der Waals surface area contributed by atoms with Gasteiger partial charge in [-0.25, -0.2) is 0 Å². The SMILES string of the molecule is Cc1cccc(C)c1N1C[C@H](C2CCCCC2)N=C1C1=N[C@@H](C2CCCCC2)CN1c1c(C)cccc1C. The van der Waals surface area contributed by atoms with Crippen LogP contribution in [0.25, 0.3) is 0 Å². The number of aliphatic imine (C=N–C) groups is 2. The molecule has 202 valence electrons. The lowest BCUT2D eigenvalue weighted by Crippen LogP contribution is -2.43. The van der Waals surface area contributed by atoms with Crippen LogP contribution in [0.1, 0.15) is 86.5 Å². The Morgan fingerprint density at radius 1 is 0.526 bits per heavy atom. The van der Waals surface area contributed by atoms with Crippen LogP contribution in [0.4, 0.5) is 11.4 Å². The third kappa shape index (κ3) is 4.80. The molecule has 0 unspecified atom stereocenters. The van der Waals surface area contributed by atoms with E-state index in [1.165, 1.54) is 97.8 Å². The second-order valence-electron chi connectivity index (χ2n) is 12.5. The Hall–Kier alpha value is -2.62. The van der Waals surface area contributed by atoms with Crippen molar-refractivity contribution in [2.24, 2.45) is 21.8 Å². The first kappa shape index (κ1) is 25.6. The third-order valence-corrected chi connectivity index (χ3v) is 9.83. The van der Waals surface area contributed by atoms with E-state index < -0.39 is 0 Å². The summed E-state index contributed by atoms with van der Waals surface area (Å²) >= 11 is 0. The van der Waals surface area contributed by atoms with Crippen molar-refractivity contribution in [2.75, 3.05) is 22.9 Å². The topological polar surface area (TPSA) is 31.2 Å². The fraction of sp³-hybridized carbons (Fsp3) is 0.588. The molecule has 2 aliphatic carbocycles. The van der Waals surface area contributed by atoms with E-state index in [4.69, 9.17) is 9.98 Å². The summed E-state index contributed by atoms with van der Waals surface area (Å²) in [5.74, 6) is 3.63. The van der Waals surface area contributed by atoms with Crippen LogP contribution in [0.2, 0.25) is 0 Å². The van der Waals surface area contributed by atoms with Crippen LogP contribution in [0.15, 0.2) is 46.4 Å². The van der Waals surface area contributed by atoms with E-state index in [1.807, 2.05) is 0 Å². The first-order valence-electron chi connectivity index (χ1n) is 15.3. The Morgan fingerprint density at radius 3 is 1.21 bits per heavy atom. The molecule has 2 aliphatic heterocycles. The predicted molar refractivity (Wildman–Crippen MR) is 162 cm³/mol. The highest BCUT2D eigenvalue weighted by Gasteiger charge is 2.42. The summed E-state index contributed by atoms with van der Waals surface area (Å²) in [6.07, 6.45) is 13.5. The molecule has 4 nitrogen and oxygen atoms in total. The van der Waals surface area contributed by atoms with Crippen LogP contribution in [-0.4, -0.2) is 36.8 Å². The van der Waals surface area contributed by atoms with Crippen LogP contribution in [0.3, 0.4) is 0 Å². The van der Waals surface area contributed by atoms with Gasteiger partial charge in [0.05, 0.1) is 12.1 Å². The van der Waals surface area contributed by atoms with Crippen molar-refractivity contribution < 1.29 is 0 Å². The number of anilines is 2. The van der Waals surface area contributed by atoms with Crippen LogP contribution in [-0.2, 0) is 0 Å². The minimum absolute atomic E-state index is 0.362. The molecule has 4 aliphatic rings. The molecule has 6 rings (SSSR count). The standard InChI is InChI=1S/C34H46N4/c1-23-13-11-14-24(2)31(23)37-21-29(27-17-7-5-8-18-27)35-33(37)34-36-30(28-19-9-6-10-20-28)22-38(34)32-25(3)15-12-16-26(32)4/h11-16,27-30H,5-10,17-22H2,1-4H3/t29-,30-/m1/s1. The molecule has 0 radical (unpaired) electrons. The summed E-state index contributed by atoms with van der Waals surface area (Å²) in [5, 5.41) is 0. The van der Waals surface area contributed by atoms with Crippen LogP contribution in [0.5, 0.6) is 0 Å². The van der Waals surface area contributed by atoms with E-state index >= 15 is 0 Å². The number of nitrogens with zero attached hydrogens (tertiary/aromatic N) is 4. The summed E-state index contributed by atoms with van der Waals surface area (Å²) in [6, 6.07) is 14.2. The zero-order valence-electron chi connectivity index (χ0n) is 24.0. The summed E-state index contributed by atoms with van der Waals surface area (Å²) < 4.78 is 0. The van der Waals surface area contributed by atoms with Gasteiger partial charge in [-0.3, -0.25) is 9.98 Å². The maximum Gasteiger partial charge on any atom is 0.172 e. The van der Waals surface area contributed by atoms with Gasteiger partial charge in [-0.15, -0.1) is 0 Å². The molecule has 0 aromatic heterocycles. The van der Waals surface area contributed by atoms with Crippen molar-refractivity contribution in [2.45, 2.75) is 104 Å². The second-order valence-corrected chi connectivity index (χ2v) is 12.5. The monoisotopic (exact) mass is 510 g/mol. The van der Waals surface area contributed by atoms with E-state index in [1.54, 1.807) is 0 Å². The number of benzene rings is 2. The van der Waals surface area contributed by atoms with Gasteiger partial charge in [0.15, 0.2) is 11.7 Å². The summed E-state index contributed by atoms with van der Waals surface area (Å²) in [5.41, 5.74) is 8.03. The molecule has 0 N–H and O–H groups in total. The molecule has 38 heavy (non-hydrogen) atoms. The van der Waals surface area contributed by atoms with Gasteiger partial charge in [-0.2, -0.15) is 0 Å². The minimum atomic E-state index is 0.362. The van der Waals surface area contributed by atoms with Gasteiger partial charge in [0.1, 0.15) is 0 Å². The summed E-state index contributed by atoms with van der Waals surface area (Å²) in [4.78, 5) is 16.4. The van der Waals surface area contributed by atoms with Crippen molar-refractivity contribution in [1.29, 1.82) is 0 Å². The highest BCUT2D eigenvalue weighted by atomic mass is 15.4. The second kappa shape index (κ2) is 10.9. The van der Waals surface area contributed by atoms with Gasteiger partial charge in [0.25, 0.3) is 0 Å². The first-order valence-corrected chi connectivity index (χ1v) is 15.3. The van der Waals surface area contributed by atoms with E-state index in [0.717, 1.165) is 24.8 Å². The molecule has 2 saturated carbocycles. The molecule has 2 heterocycles. The maximum atomic E-state index is 5.62. The zero-order chi connectivity index (χ0) is 26.2. The quantitative estimate of drug-likeness (QED) is 0.409. The Bertz CT molecular complexity index is 1080. The van der Waals surface area contributed by atoms with Crippen LogP contribution in [0, 0.1) is 39.5 Å². The number of para-hydroxylation sites is 2. The Kier molecular flexibility index (Phi) is 7.33.